The fourth-order valence-electron chi connectivity index (χ4n) is 9.54. The monoisotopic (exact) mass is 1660 g/mol. The van der Waals surface area contributed by atoms with E-state index in [1.807, 2.05) is 127 Å². The van der Waals surface area contributed by atoms with Crippen LogP contribution in [0.5, 0.6) is 11.5 Å². The van der Waals surface area contributed by atoms with Crippen molar-refractivity contribution in [3.8, 4) is 34.0 Å². The Balaban J connectivity index is 0.000000173. The van der Waals surface area contributed by atoms with Gasteiger partial charge in [-0.25, -0.2) is 0 Å². The zero-order valence-electron chi connectivity index (χ0n) is 46.8. The standard InChI is InChI=1S/C20H12NO.C18H9N2O.C16H10NO.3C5H8O2.3Ir/c1-3-7-16-13(5-1)9-10-17-19-15(12-22-20(16)17)11-14-6-2-4-8-18(14)21-19;21-18-13-8-4-6-11-5-3-7-12(16(11)13)17-19-14-9-1-2-10-15(14)20(17)18;1-3-7-14-11(5-1)9-12-10-18-15-8-4-2-6-13(15)16(12)17-14;3*1-4(6)3-5(2)7;;;/h1-9,11H,12H2;1-6,8-10H;1-5,7-9H,10H2;3*3,6H,1-2H3;;;/q3*-1;;;;;;. The van der Waals surface area contributed by atoms with Crippen LogP contribution in [0.1, 0.15) is 52.7 Å². The predicted octanol–water partition coefficient (Wildman–Crippen LogP) is 14.8. The largest absolute Gasteiger partial charge is 0.533 e. The number of allylic oxidation sites excluding steroid dienone is 6. The van der Waals surface area contributed by atoms with Gasteiger partial charge in [-0.15, -0.1) is 60.0 Å². The number of aromatic nitrogens is 4. The summed E-state index contributed by atoms with van der Waals surface area (Å²) in [6, 6.07) is 64.0. The van der Waals surface area contributed by atoms with Gasteiger partial charge in [0.2, 0.25) is 5.56 Å². The van der Waals surface area contributed by atoms with Gasteiger partial charge in [-0.2, -0.15) is 0 Å². The first-order valence-electron chi connectivity index (χ1n) is 26.1. The van der Waals surface area contributed by atoms with Crippen LogP contribution >= 0.6 is 0 Å². The number of imidazole rings is 1. The fraction of sp³-hybridized carbons (Fsp3) is 0.116. The maximum Gasteiger partial charge on any atom is 0.246 e. The van der Waals surface area contributed by atoms with Gasteiger partial charge < -0.3 is 24.8 Å². The maximum atomic E-state index is 12.9. The summed E-state index contributed by atoms with van der Waals surface area (Å²) >= 11 is 0. The predicted molar refractivity (Wildman–Crippen MR) is 323 cm³/mol. The Labute approximate surface area is 530 Å². The summed E-state index contributed by atoms with van der Waals surface area (Å²) in [5.41, 5.74) is 10.5. The smallest absolute Gasteiger partial charge is 0.246 e. The van der Waals surface area contributed by atoms with E-state index in [0.29, 0.717) is 18.9 Å². The second-order valence-corrected chi connectivity index (χ2v) is 19.3. The number of aliphatic hydroxyl groups is 3. The molecule has 2 aliphatic rings. The van der Waals surface area contributed by atoms with Gasteiger partial charge in [-0.05, 0) is 99.1 Å². The number of benzene rings is 8. The van der Waals surface area contributed by atoms with Crippen molar-refractivity contribution in [1.82, 2.24) is 19.4 Å². The first-order chi connectivity index (χ1) is 39.5. The van der Waals surface area contributed by atoms with Crippen LogP contribution in [0.2, 0.25) is 0 Å². The van der Waals surface area contributed by atoms with Crippen molar-refractivity contribution in [1.29, 1.82) is 0 Å². The van der Waals surface area contributed by atoms with E-state index in [0.717, 1.165) is 110 Å². The molecule has 12 aromatic rings. The zero-order chi connectivity index (χ0) is 58.0. The molecule has 0 saturated carbocycles. The van der Waals surface area contributed by atoms with Gasteiger partial charge in [0.1, 0.15) is 0 Å². The van der Waals surface area contributed by atoms with Crippen LogP contribution < -0.4 is 15.0 Å². The van der Waals surface area contributed by atoms with Crippen molar-refractivity contribution in [3.63, 3.8) is 0 Å². The summed E-state index contributed by atoms with van der Waals surface area (Å²) in [6.45, 7) is 9.68. The third-order valence-corrected chi connectivity index (χ3v) is 12.7. The molecular formula is C69H55Ir3N4O9-3. The average molecular weight is 1660 g/mol. The number of rotatable bonds is 3. The molecule has 0 unspecified atom stereocenters. The first kappa shape index (κ1) is 65.6. The molecule has 0 aliphatic carbocycles. The molecule has 435 valence electrons. The maximum absolute atomic E-state index is 12.9. The van der Waals surface area contributed by atoms with Gasteiger partial charge in [-0.1, -0.05) is 136 Å². The molecule has 0 spiro atoms. The van der Waals surface area contributed by atoms with E-state index in [1.54, 1.807) is 4.40 Å². The normalized spacial score (nSPS) is 11.8. The minimum Gasteiger partial charge on any atom is -0.533 e. The second kappa shape index (κ2) is 29.8. The molecular weight excluding hydrogens is 1610 g/mol. The third-order valence-electron chi connectivity index (χ3n) is 12.7. The molecule has 0 fully saturated rings. The molecule has 85 heavy (non-hydrogen) atoms. The molecule has 3 N–H and O–H groups in total. The number of para-hydroxylation sites is 4. The van der Waals surface area contributed by atoms with Gasteiger partial charge in [0.05, 0.1) is 58.2 Å². The Morgan fingerprint density at radius 2 is 1.01 bits per heavy atom. The van der Waals surface area contributed by atoms with Gasteiger partial charge in [0, 0.05) is 95.4 Å². The molecule has 0 atom stereocenters. The van der Waals surface area contributed by atoms with E-state index < -0.39 is 0 Å². The zero-order valence-corrected chi connectivity index (χ0v) is 54.0. The van der Waals surface area contributed by atoms with E-state index in [1.165, 1.54) is 59.8 Å². The molecule has 3 radical (unpaired) electrons. The van der Waals surface area contributed by atoms with Crippen LogP contribution in [-0.4, -0.2) is 52.0 Å². The Kier molecular flexibility index (Phi) is 23.0. The van der Waals surface area contributed by atoms with E-state index in [2.05, 4.69) is 59.6 Å². The topological polar surface area (TPSA) is 191 Å². The summed E-state index contributed by atoms with van der Waals surface area (Å²) in [4.78, 5) is 57.2. The van der Waals surface area contributed by atoms with E-state index in [-0.39, 0.29) is 101 Å². The molecule has 13 nitrogen and oxygen atoms in total. The number of aliphatic hydroxyl groups excluding tert-OH is 3. The van der Waals surface area contributed by atoms with E-state index in [4.69, 9.17) is 34.8 Å². The van der Waals surface area contributed by atoms with Crippen molar-refractivity contribution in [2.45, 2.75) is 54.8 Å². The molecule has 14 rings (SSSR count). The third kappa shape index (κ3) is 15.6. The van der Waals surface area contributed by atoms with Crippen LogP contribution in [0.4, 0.5) is 0 Å². The Morgan fingerprint density at radius 1 is 0.506 bits per heavy atom. The molecule has 0 amide bonds. The van der Waals surface area contributed by atoms with Crippen molar-refractivity contribution in [2.75, 3.05) is 0 Å². The fourth-order valence-corrected chi connectivity index (χ4v) is 9.54. The summed E-state index contributed by atoms with van der Waals surface area (Å²) in [7, 11) is 0. The number of carbonyl (C=O) groups excluding carboxylic acids is 3. The van der Waals surface area contributed by atoms with Crippen molar-refractivity contribution >= 4 is 88.2 Å². The average Bonchev–Trinajstić information content (AvgIpc) is 2.14. The molecule has 6 heterocycles. The summed E-state index contributed by atoms with van der Waals surface area (Å²) in [5, 5.41) is 33.3. The van der Waals surface area contributed by atoms with Gasteiger partial charge in [-0.3, -0.25) is 38.5 Å². The molecule has 8 aromatic carbocycles. The van der Waals surface area contributed by atoms with Crippen molar-refractivity contribution in [2.24, 2.45) is 0 Å². The number of hydrogen-bond acceptors (Lipinski definition) is 12. The molecule has 16 heteroatoms. The summed E-state index contributed by atoms with van der Waals surface area (Å²) < 4.78 is 13.5. The van der Waals surface area contributed by atoms with E-state index >= 15 is 0 Å². The van der Waals surface area contributed by atoms with Crippen LogP contribution in [0, 0.1) is 18.2 Å². The van der Waals surface area contributed by atoms with Gasteiger partial charge >= 0.3 is 0 Å². The van der Waals surface area contributed by atoms with Crippen molar-refractivity contribution < 1.29 is 99.5 Å². The number of carbonyl (C=O) groups is 3. The minimum absolute atomic E-state index is 0. The minimum atomic E-state index is -0.125. The SMILES string of the molecule is CC(=O)C=C(C)O.CC(=O)C=C(C)O.CC(=O)C=C(C)O.O=c1c2cccc3cc[c-]c(c32)c2nc3ccccc3n12.[Ir].[Ir].[Ir].[c-]1cc2ccccc2c2c1-c1nc3ccccc3cc1CO2.[c-]1cccc2c1-c1nc3ccccc3cc1CO2. The van der Waals surface area contributed by atoms with Crippen LogP contribution in [0.15, 0.2) is 204 Å². The molecule has 0 saturated heterocycles. The van der Waals surface area contributed by atoms with Crippen LogP contribution in [0.25, 0.3) is 93.3 Å². The number of fused-ring (bicyclic) bond motifs is 14. The quantitative estimate of drug-likeness (QED) is 0.0863. The molecule has 4 aromatic heterocycles. The van der Waals surface area contributed by atoms with Gasteiger partial charge in [0.15, 0.2) is 17.3 Å². The number of ether oxygens (including phenoxy) is 2. The van der Waals surface area contributed by atoms with Crippen LogP contribution in [0.3, 0.4) is 0 Å². The Bertz CT molecular complexity index is 4490. The Hall–Kier alpha value is -8.58. The van der Waals surface area contributed by atoms with E-state index in [9.17, 15) is 19.2 Å². The number of nitrogens with zero attached hydrogens (tertiary/aromatic N) is 4. The summed E-state index contributed by atoms with van der Waals surface area (Å²) in [5.74, 6) is 1.58. The summed E-state index contributed by atoms with van der Waals surface area (Å²) in [6.07, 6.45) is 3.50. The van der Waals surface area contributed by atoms with Crippen molar-refractivity contribution in [3.05, 3.63) is 239 Å². The molecule has 2 aliphatic heterocycles. The van der Waals surface area contributed by atoms with Crippen LogP contribution in [-0.2, 0) is 87.9 Å². The van der Waals surface area contributed by atoms with Gasteiger partial charge in [0.25, 0.3) is 0 Å². The second-order valence-electron chi connectivity index (χ2n) is 19.3. The Morgan fingerprint density at radius 3 is 1.59 bits per heavy atom. The number of pyridine rings is 3. The first-order valence-corrected chi connectivity index (χ1v) is 26.1. The number of ketones is 3. The number of hydrogen-bond donors (Lipinski definition) is 3. The molecule has 0 bridgehead atoms.